The molecule has 1 N–H and O–H groups in total. The summed E-state index contributed by atoms with van der Waals surface area (Å²) in [5, 5.41) is 2.78. The second-order valence-corrected chi connectivity index (χ2v) is 9.91. The van der Waals surface area contributed by atoms with Gasteiger partial charge in [-0.2, -0.15) is 4.31 Å². The first-order valence-corrected chi connectivity index (χ1v) is 12.0. The van der Waals surface area contributed by atoms with Gasteiger partial charge >= 0.3 is 5.97 Å². The molecule has 1 saturated heterocycles. The van der Waals surface area contributed by atoms with Crippen LogP contribution in [0.4, 0.5) is 5.69 Å². The van der Waals surface area contributed by atoms with E-state index in [1.807, 2.05) is 0 Å². The van der Waals surface area contributed by atoms with Gasteiger partial charge in [0.25, 0.3) is 0 Å². The van der Waals surface area contributed by atoms with Crippen LogP contribution in [0.2, 0.25) is 0 Å². The zero-order chi connectivity index (χ0) is 22.7. The predicted octanol–water partition coefficient (Wildman–Crippen LogP) is 2.86. The summed E-state index contributed by atoms with van der Waals surface area (Å²) in [5.41, 5.74) is 1.11. The van der Waals surface area contributed by atoms with Crippen LogP contribution in [-0.2, 0) is 19.6 Å². The van der Waals surface area contributed by atoms with Crippen LogP contribution in [0.5, 0.6) is 0 Å². The summed E-state index contributed by atoms with van der Waals surface area (Å²) in [6.45, 7) is 0.552. The van der Waals surface area contributed by atoms with Crippen molar-refractivity contribution in [3.8, 4) is 0 Å². The standard InChI is InChI=1S/C23H24N2O6S/c26-21(16-7-11-20(12-8-16)32(29,30)25-13-1-2-14-25)15-31-23(28)18-5-9-19(10-6-18)24-22(27)17-3-4-17/h5-12,17H,1-4,13-15H2,(H,24,27). The number of rotatable bonds is 8. The van der Waals surface area contributed by atoms with Crippen molar-refractivity contribution in [1.82, 2.24) is 4.31 Å². The number of ketones is 1. The number of benzene rings is 2. The fourth-order valence-corrected chi connectivity index (χ4v) is 4.98. The van der Waals surface area contributed by atoms with Gasteiger partial charge in [-0.25, -0.2) is 13.2 Å². The average molecular weight is 457 g/mol. The van der Waals surface area contributed by atoms with Crippen LogP contribution < -0.4 is 5.32 Å². The van der Waals surface area contributed by atoms with Crippen molar-refractivity contribution < 1.29 is 27.5 Å². The highest BCUT2D eigenvalue weighted by molar-refractivity contribution is 7.89. The number of esters is 1. The Balaban J connectivity index is 1.31. The first-order valence-electron chi connectivity index (χ1n) is 10.6. The fraction of sp³-hybridized carbons (Fsp3) is 0.348. The smallest absolute Gasteiger partial charge is 0.338 e. The van der Waals surface area contributed by atoms with Gasteiger partial charge in [-0.3, -0.25) is 9.59 Å². The molecule has 4 rings (SSSR count). The molecule has 1 saturated carbocycles. The number of sulfonamides is 1. The molecule has 0 aromatic heterocycles. The van der Waals surface area contributed by atoms with Gasteiger partial charge < -0.3 is 10.1 Å². The summed E-state index contributed by atoms with van der Waals surface area (Å²) in [4.78, 5) is 36.5. The van der Waals surface area contributed by atoms with Crippen LogP contribution in [0.1, 0.15) is 46.4 Å². The van der Waals surface area contributed by atoms with Gasteiger partial charge in [0.1, 0.15) is 0 Å². The van der Waals surface area contributed by atoms with Gasteiger partial charge in [0.2, 0.25) is 15.9 Å². The van der Waals surface area contributed by atoms with Gasteiger partial charge in [0.15, 0.2) is 12.4 Å². The molecular formula is C23H24N2O6S. The van der Waals surface area contributed by atoms with Gasteiger partial charge in [0.05, 0.1) is 10.5 Å². The molecule has 0 spiro atoms. The van der Waals surface area contributed by atoms with Crippen LogP contribution >= 0.6 is 0 Å². The molecule has 168 valence electrons. The predicted molar refractivity (Wildman–Crippen MR) is 117 cm³/mol. The van der Waals surface area contributed by atoms with E-state index in [4.69, 9.17) is 4.74 Å². The first-order chi connectivity index (χ1) is 15.3. The first kappa shape index (κ1) is 22.2. The van der Waals surface area contributed by atoms with E-state index in [9.17, 15) is 22.8 Å². The van der Waals surface area contributed by atoms with E-state index < -0.39 is 28.4 Å². The van der Waals surface area contributed by atoms with E-state index in [1.165, 1.54) is 40.7 Å². The molecule has 32 heavy (non-hydrogen) atoms. The summed E-state index contributed by atoms with van der Waals surface area (Å²) < 4.78 is 31.6. The molecule has 1 aliphatic heterocycles. The topological polar surface area (TPSA) is 110 Å². The van der Waals surface area contributed by atoms with Crippen LogP contribution in [0.15, 0.2) is 53.4 Å². The number of hydrogen-bond donors (Lipinski definition) is 1. The van der Waals surface area contributed by atoms with Crippen LogP contribution in [0.25, 0.3) is 0 Å². The number of nitrogens with one attached hydrogen (secondary N) is 1. The van der Waals surface area contributed by atoms with Gasteiger partial charge in [0, 0.05) is 30.3 Å². The van der Waals surface area contributed by atoms with Crippen molar-refractivity contribution in [2.24, 2.45) is 5.92 Å². The zero-order valence-electron chi connectivity index (χ0n) is 17.5. The Morgan fingerprint density at radius 2 is 1.50 bits per heavy atom. The normalized spacial score (nSPS) is 16.5. The Bertz CT molecular complexity index is 1120. The number of carbonyl (C=O) groups is 3. The molecule has 1 amide bonds. The third-order valence-electron chi connectivity index (χ3n) is 5.55. The Morgan fingerprint density at radius 1 is 0.906 bits per heavy atom. The van der Waals surface area contributed by atoms with E-state index >= 15 is 0 Å². The van der Waals surface area contributed by atoms with Gasteiger partial charge in [-0.15, -0.1) is 0 Å². The summed E-state index contributed by atoms with van der Waals surface area (Å²) >= 11 is 0. The van der Waals surface area contributed by atoms with Crippen LogP contribution in [-0.4, -0.2) is 50.1 Å². The molecule has 0 radical (unpaired) electrons. The maximum absolute atomic E-state index is 12.6. The number of nitrogens with zero attached hydrogens (tertiary/aromatic N) is 1. The monoisotopic (exact) mass is 456 g/mol. The zero-order valence-corrected chi connectivity index (χ0v) is 18.3. The molecule has 8 nitrogen and oxygen atoms in total. The minimum atomic E-state index is -3.55. The van der Waals surface area contributed by atoms with Crippen molar-refractivity contribution in [1.29, 1.82) is 0 Å². The highest BCUT2D eigenvalue weighted by Crippen LogP contribution is 2.30. The maximum Gasteiger partial charge on any atom is 0.338 e. The molecule has 2 aromatic carbocycles. The highest BCUT2D eigenvalue weighted by Gasteiger charge is 2.29. The lowest BCUT2D eigenvalue weighted by molar-refractivity contribution is -0.117. The molecule has 0 unspecified atom stereocenters. The molecule has 9 heteroatoms. The minimum Gasteiger partial charge on any atom is -0.454 e. The SMILES string of the molecule is O=C(COC(=O)c1ccc(NC(=O)C2CC2)cc1)c1ccc(S(=O)(=O)N2CCCC2)cc1. The summed E-state index contributed by atoms with van der Waals surface area (Å²) in [5.74, 6) is -1.03. The van der Waals surface area contributed by atoms with E-state index in [0.717, 1.165) is 25.7 Å². The lowest BCUT2D eigenvalue weighted by Gasteiger charge is -2.15. The number of anilines is 1. The highest BCUT2D eigenvalue weighted by atomic mass is 32.2. The molecule has 0 atom stereocenters. The Hall–Kier alpha value is -3.04. The largest absolute Gasteiger partial charge is 0.454 e. The van der Waals surface area contributed by atoms with Crippen molar-refractivity contribution in [3.63, 3.8) is 0 Å². The van der Waals surface area contributed by atoms with E-state index in [2.05, 4.69) is 5.32 Å². The number of hydrogen-bond acceptors (Lipinski definition) is 6. The molecular weight excluding hydrogens is 432 g/mol. The number of Topliss-reactive ketones (excluding diaryl/α,β-unsaturated/α-hetero) is 1. The molecule has 1 heterocycles. The summed E-state index contributed by atoms with van der Waals surface area (Å²) in [7, 11) is -3.55. The second kappa shape index (κ2) is 9.22. The Kier molecular flexibility index (Phi) is 6.38. The molecule has 2 fully saturated rings. The lowest BCUT2D eigenvalue weighted by Crippen LogP contribution is -2.27. The number of ether oxygens (including phenoxy) is 1. The number of amides is 1. The summed E-state index contributed by atoms with van der Waals surface area (Å²) in [6.07, 6.45) is 3.50. The van der Waals surface area contributed by atoms with Crippen molar-refractivity contribution >= 4 is 33.4 Å². The Labute approximate surface area is 186 Å². The van der Waals surface area contributed by atoms with Crippen molar-refractivity contribution in [2.75, 3.05) is 25.0 Å². The molecule has 2 aliphatic rings. The number of carbonyl (C=O) groups excluding carboxylic acids is 3. The van der Waals surface area contributed by atoms with Crippen molar-refractivity contribution in [3.05, 3.63) is 59.7 Å². The average Bonchev–Trinajstić information content (AvgIpc) is 3.51. The van der Waals surface area contributed by atoms with Crippen molar-refractivity contribution in [2.45, 2.75) is 30.6 Å². The van der Waals surface area contributed by atoms with Gasteiger partial charge in [-0.1, -0.05) is 0 Å². The van der Waals surface area contributed by atoms with E-state index in [0.29, 0.717) is 18.8 Å². The minimum absolute atomic E-state index is 0.0230. The molecule has 1 aliphatic carbocycles. The van der Waals surface area contributed by atoms with Crippen LogP contribution in [0.3, 0.4) is 0 Å². The van der Waals surface area contributed by atoms with Gasteiger partial charge in [-0.05, 0) is 74.2 Å². The van der Waals surface area contributed by atoms with Crippen LogP contribution in [0, 0.1) is 5.92 Å². The van der Waals surface area contributed by atoms with E-state index in [-0.39, 0.29) is 27.8 Å². The lowest BCUT2D eigenvalue weighted by atomic mass is 10.1. The fourth-order valence-electron chi connectivity index (χ4n) is 3.47. The molecule has 0 bridgehead atoms. The second-order valence-electron chi connectivity index (χ2n) is 7.98. The quantitative estimate of drug-likeness (QED) is 0.483. The third-order valence-corrected chi connectivity index (χ3v) is 7.46. The molecule has 2 aromatic rings. The van der Waals surface area contributed by atoms with E-state index in [1.54, 1.807) is 12.1 Å². The Morgan fingerprint density at radius 3 is 2.09 bits per heavy atom. The maximum atomic E-state index is 12.6. The summed E-state index contributed by atoms with van der Waals surface area (Å²) in [6, 6.07) is 11.9. The third kappa shape index (κ3) is 5.05.